The SMILES string of the molecule is CCc1cnc(CNC2CCCC2CN)o1. The number of nitrogens with one attached hydrogen (secondary N) is 1. The molecule has 0 radical (unpaired) electrons. The van der Waals surface area contributed by atoms with Crippen molar-refractivity contribution in [1.82, 2.24) is 10.3 Å². The highest BCUT2D eigenvalue weighted by Gasteiger charge is 2.25. The van der Waals surface area contributed by atoms with Crippen molar-refractivity contribution >= 4 is 0 Å². The Labute approximate surface area is 96.6 Å². The zero-order valence-corrected chi connectivity index (χ0v) is 9.91. The standard InChI is InChI=1S/C12H21N3O/c1-2-10-7-15-12(16-10)8-14-11-5-3-4-9(11)6-13/h7,9,11,14H,2-6,8,13H2,1H3. The number of hydrogen-bond acceptors (Lipinski definition) is 4. The van der Waals surface area contributed by atoms with Crippen molar-refractivity contribution in [1.29, 1.82) is 0 Å². The maximum atomic E-state index is 5.74. The number of oxazole rings is 1. The van der Waals surface area contributed by atoms with Crippen molar-refractivity contribution in [2.24, 2.45) is 11.7 Å². The van der Waals surface area contributed by atoms with Crippen LogP contribution in [0.4, 0.5) is 0 Å². The van der Waals surface area contributed by atoms with Gasteiger partial charge in [-0.25, -0.2) is 4.98 Å². The minimum atomic E-state index is 0.543. The van der Waals surface area contributed by atoms with E-state index < -0.39 is 0 Å². The third-order valence-corrected chi connectivity index (χ3v) is 3.43. The maximum Gasteiger partial charge on any atom is 0.208 e. The Bertz CT molecular complexity index is 324. The molecule has 0 amide bonds. The normalized spacial score (nSPS) is 25.1. The molecule has 0 aromatic carbocycles. The van der Waals surface area contributed by atoms with E-state index in [1.807, 2.05) is 6.20 Å². The van der Waals surface area contributed by atoms with Gasteiger partial charge in [0.1, 0.15) is 5.76 Å². The molecule has 1 saturated carbocycles. The summed E-state index contributed by atoms with van der Waals surface area (Å²) in [5.41, 5.74) is 5.74. The van der Waals surface area contributed by atoms with Gasteiger partial charge in [0.2, 0.25) is 5.89 Å². The summed E-state index contributed by atoms with van der Waals surface area (Å²) in [6, 6.07) is 0.543. The van der Waals surface area contributed by atoms with Crippen LogP contribution in [0.25, 0.3) is 0 Å². The van der Waals surface area contributed by atoms with Gasteiger partial charge in [0.25, 0.3) is 0 Å². The van der Waals surface area contributed by atoms with Crippen molar-refractivity contribution in [3.05, 3.63) is 17.8 Å². The van der Waals surface area contributed by atoms with Crippen LogP contribution in [0.1, 0.15) is 37.8 Å². The van der Waals surface area contributed by atoms with Crippen LogP contribution in [-0.2, 0) is 13.0 Å². The Morgan fingerprint density at radius 3 is 3.12 bits per heavy atom. The summed E-state index contributed by atoms with van der Waals surface area (Å²) >= 11 is 0. The topological polar surface area (TPSA) is 64.1 Å². The summed E-state index contributed by atoms with van der Waals surface area (Å²) < 4.78 is 5.56. The zero-order chi connectivity index (χ0) is 11.4. The van der Waals surface area contributed by atoms with E-state index in [4.69, 9.17) is 10.2 Å². The monoisotopic (exact) mass is 223 g/mol. The predicted octanol–water partition coefficient (Wildman–Crippen LogP) is 1.45. The number of nitrogens with zero attached hydrogens (tertiary/aromatic N) is 1. The van der Waals surface area contributed by atoms with Crippen LogP contribution in [0.3, 0.4) is 0 Å². The van der Waals surface area contributed by atoms with Crippen LogP contribution in [0.15, 0.2) is 10.6 Å². The van der Waals surface area contributed by atoms with Crippen LogP contribution in [0.5, 0.6) is 0 Å². The molecule has 1 aromatic heterocycles. The summed E-state index contributed by atoms with van der Waals surface area (Å²) in [5, 5.41) is 3.50. The van der Waals surface area contributed by atoms with Gasteiger partial charge in [-0.05, 0) is 25.3 Å². The second-order valence-corrected chi connectivity index (χ2v) is 4.49. The fraction of sp³-hybridized carbons (Fsp3) is 0.750. The third kappa shape index (κ3) is 2.62. The minimum absolute atomic E-state index is 0.543. The van der Waals surface area contributed by atoms with E-state index in [0.717, 1.165) is 31.2 Å². The van der Waals surface area contributed by atoms with E-state index in [1.54, 1.807) is 0 Å². The highest BCUT2D eigenvalue weighted by atomic mass is 16.4. The van der Waals surface area contributed by atoms with Crippen LogP contribution in [-0.4, -0.2) is 17.6 Å². The lowest BCUT2D eigenvalue weighted by Crippen LogP contribution is -2.35. The first-order valence-corrected chi connectivity index (χ1v) is 6.20. The van der Waals surface area contributed by atoms with Crippen molar-refractivity contribution in [3.8, 4) is 0 Å². The van der Waals surface area contributed by atoms with Crippen LogP contribution >= 0.6 is 0 Å². The highest BCUT2D eigenvalue weighted by molar-refractivity contribution is 4.94. The van der Waals surface area contributed by atoms with E-state index in [9.17, 15) is 0 Å². The Morgan fingerprint density at radius 2 is 2.44 bits per heavy atom. The summed E-state index contributed by atoms with van der Waals surface area (Å²) in [6.45, 7) is 3.57. The molecule has 0 saturated heterocycles. The molecule has 2 rings (SSSR count). The number of aryl methyl sites for hydroxylation is 1. The molecule has 16 heavy (non-hydrogen) atoms. The molecule has 3 N–H and O–H groups in total. The highest BCUT2D eigenvalue weighted by Crippen LogP contribution is 2.24. The van der Waals surface area contributed by atoms with Gasteiger partial charge in [0.15, 0.2) is 0 Å². The van der Waals surface area contributed by atoms with Crippen molar-refractivity contribution in [2.45, 2.75) is 45.2 Å². The summed E-state index contributed by atoms with van der Waals surface area (Å²) in [4.78, 5) is 4.24. The van der Waals surface area contributed by atoms with Gasteiger partial charge >= 0.3 is 0 Å². The van der Waals surface area contributed by atoms with E-state index in [1.165, 1.54) is 19.3 Å². The lowest BCUT2D eigenvalue weighted by atomic mass is 10.0. The lowest BCUT2D eigenvalue weighted by Gasteiger charge is -2.18. The molecule has 0 aliphatic heterocycles. The van der Waals surface area contributed by atoms with Crippen molar-refractivity contribution in [3.63, 3.8) is 0 Å². The van der Waals surface area contributed by atoms with Gasteiger partial charge in [0.05, 0.1) is 12.7 Å². The van der Waals surface area contributed by atoms with E-state index >= 15 is 0 Å². The number of hydrogen-bond donors (Lipinski definition) is 2. The van der Waals surface area contributed by atoms with Crippen molar-refractivity contribution in [2.75, 3.05) is 6.54 Å². The maximum absolute atomic E-state index is 5.74. The first-order chi connectivity index (χ1) is 7.83. The average molecular weight is 223 g/mol. The number of aromatic nitrogens is 1. The molecule has 1 aromatic rings. The van der Waals surface area contributed by atoms with Gasteiger partial charge in [-0.1, -0.05) is 13.3 Å². The summed E-state index contributed by atoms with van der Waals surface area (Å²) in [6.07, 6.45) is 6.47. The Morgan fingerprint density at radius 1 is 1.56 bits per heavy atom. The first kappa shape index (κ1) is 11.6. The molecule has 1 aliphatic carbocycles. The molecule has 90 valence electrons. The Kier molecular flexibility index (Phi) is 3.96. The average Bonchev–Trinajstić information content (AvgIpc) is 2.94. The minimum Gasteiger partial charge on any atom is -0.444 e. The predicted molar refractivity (Wildman–Crippen MR) is 62.9 cm³/mol. The van der Waals surface area contributed by atoms with E-state index in [2.05, 4.69) is 17.2 Å². The third-order valence-electron chi connectivity index (χ3n) is 3.43. The van der Waals surface area contributed by atoms with Crippen molar-refractivity contribution < 1.29 is 4.42 Å². The molecule has 1 aliphatic rings. The molecule has 1 fully saturated rings. The molecule has 0 bridgehead atoms. The summed E-state index contributed by atoms with van der Waals surface area (Å²) in [5.74, 6) is 2.37. The van der Waals surface area contributed by atoms with Crippen LogP contribution in [0.2, 0.25) is 0 Å². The molecule has 4 nitrogen and oxygen atoms in total. The zero-order valence-electron chi connectivity index (χ0n) is 9.91. The van der Waals surface area contributed by atoms with E-state index in [0.29, 0.717) is 12.0 Å². The smallest absolute Gasteiger partial charge is 0.208 e. The van der Waals surface area contributed by atoms with Gasteiger partial charge in [-0.2, -0.15) is 0 Å². The van der Waals surface area contributed by atoms with Gasteiger partial charge in [-0.3, -0.25) is 0 Å². The fourth-order valence-electron chi connectivity index (χ4n) is 2.40. The Balaban J connectivity index is 1.82. The first-order valence-electron chi connectivity index (χ1n) is 6.20. The Hall–Kier alpha value is -0.870. The lowest BCUT2D eigenvalue weighted by molar-refractivity contribution is 0.370. The molecule has 2 atom stereocenters. The van der Waals surface area contributed by atoms with Gasteiger partial charge < -0.3 is 15.5 Å². The molecule has 4 heteroatoms. The van der Waals surface area contributed by atoms with E-state index in [-0.39, 0.29) is 0 Å². The summed E-state index contributed by atoms with van der Waals surface area (Å²) in [7, 11) is 0. The molecular formula is C12H21N3O. The second-order valence-electron chi connectivity index (χ2n) is 4.49. The fourth-order valence-corrected chi connectivity index (χ4v) is 2.40. The quantitative estimate of drug-likeness (QED) is 0.793. The van der Waals surface area contributed by atoms with Gasteiger partial charge in [0, 0.05) is 12.5 Å². The van der Waals surface area contributed by atoms with Crippen LogP contribution < -0.4 is 11.1 Å². The molecule has 1 heterocycles. The molecule has 2 unspecified atom stereocenters. The largest absolute Gasteiger partial charge is 0.444 e. The van der Waals surface area contributed by atoms with Crippen LogP contribution in [0, 0.1) is 5.92 Å². The second kappa shape index (κ2) is 5.46. The van der Waals surface area contributed by atoms with Gasteiger partial charge in [-0.15, -0.1) is 0 Å². The molecule has 0 spiro atoms. The number of nitrogens with two attached hydrogens (primary N) is 1. The number of rotatable bonds is 5. The molecular weight excluding hydrogens is 202 g/mol.